The Bertz CT molecular complexity index is 565. The average molecular weight is 325 g/mol. The van der Waals surface area contributed by atoms with Crippen LogP contribution in [0.1, 0.15) is 17.9 Å². The van der Waals surface area contributed by atoms with Gasteiger partial charge >= 0.3 is 0 Å². The molecular weight excluding hydrogens is 306 g/mol. The van der Waals surface area contributed by atoms with Gasteiger partial charge in [0, 0.05) is 13.2 Å². The predicted octanol–water partition coefficient (Wildman–Crippen LogP) is 2.03. The normalized spacial score (nSPS) is 19.8. The number of methoxy groups -OCH3 is 1. The fraction of sp³-hybridized carbons (Fsp3) is 0.533. The van der Waals surface area contributed by atoms with E-state index in [0.29, 0.717) is 42.8 Å². The molecule has 1 amide bonds. The fourth-order valence-electron chi connectivity index (χ4n) is 2.57. The van der Waals surface area contributed by atoms with Crippen LogP contribution < -0.4 is 14.2 Å². The van der Waals surface area contributed by atoms with Crippen molar-refractivity contribution in [2.75, 3.05) is 39.4 Å². The number of hydrogen-bond donors (Lipinski definition) is 0. The summed E-state index contributed by atoms with van der Waals surface area (Å²) in [5.41, 5.74) is 0.980. The van der Waals surface area contributed by atoms with E-state index in [-0.39, 0.29) is 18.1 Å². The molecule has 1 aromatic carbocycles. The highest BCUT2D eigenvalue weighted by atomic mass is 32.2. The molecule has 120 valence electrons. The second kappa shape index (κ2) is 6.66. The van der Waals surface area contributed by atoms with Gasteiger partial charge < -0.3 is 23.8 Å². The van der Waals surface area contributed by atoms with Crippen molar-refractivity contribution in [3.8, 4) is 17.2 Å². The quantitative estimate of drug-likeness (QED) is 0.746. The van der Waals surface area contributed by atoms with E-state index in [1.165, 1.54) is 0 Å². The van der Waals surface area contributed by atoms with Crippen LogP contribution in [0.3, 0.4) is 0 Å². The summed E-state index contributed by atoms with van der Waals surface area (Å²) in [6, 6.07) is 3.84. The lowest BCUT2D eigenvalue weighted by Crippen LogP contribution is -2.31. The Morgan fingerprint density at radius 1 is 1.41 bits per heavy atom. The average Bonchev–Trinajstić information content (AvgIpc) is 3.13. The zero-order valence-electron chi connectivity index (χ0n) is 12.7. The number of fused-ring (bicyclic) bond motifs is 1. The van der Waals surface area contributed by atoms with Crippen LogP contribution in [0.15, 0.2) is 12.1 Å². The molecule has 0 bridgehead atoms. The number of amides is 1. The fourth-order valence-corrected chi connectivity index (χ4v) is 3.77. The smallest absolute Gasteiger partial charge is 0.233 e. The summed E-state index contributed by atoms with van der Waals surface area (Å²) in [6.45, 7) is 3.92. The summed E-state index contributed by atoms with van der Waals surface area (Å²) < 4.78 is 21.6. The van der Waals surface area contributed by atoms with E-state index in [4.69, 9.17) is 18.9 Å². The van der Waals surface area contributed by atoms with Crippen molar-refractivity contribution in [2.24, 2.45) is 0 Å². The molecule has 2 aliphatic heterocycles. The highest BCUT2D eigenvalue weighted by Crippen LogP contribution is 2.47. The van der Waals surface area contributed by atoms with Gasteiger partial charge in [0.1, 0.15) is 5.37 Å². The SMILES string of the molecule is CCOCCN1C(=O)CSC1c1cc(OC)c2c(c1)OCO2. The van der Waals surface area contributed by atoms with Crippen LogP contribution in [0.2, 0.25) is 0 Å². The van der Waals surface area contributed by atoms with E-state index in [1.807, 2.05) is 24.0 Å². The zero-order chi connectivity index (χ0) is 15.5. The molecule has 7 heteroatoms. The maximum absolute atomic E-state index is 12.1. The number of nitrogens with zero attached hydrogens (tertiary/aromatic N) is 1. The number of benzene rings is 1. The Kier molecular flexibility index (Phi) is 4.63. The third kappa shape index (κ3) is 2.83. The van der Waals surface area contributed by atoms with Gasteiger partial charge in [0.25, 0.3) is 0 Å². The van der Waals surface area contributed by atoms with Gasteiger partial charge in [-0.3, -0.25) is 4.79 Å². The van der Waals surface area contributed by atoms with Gasteiger partial charge in [0.05, 0.1) is 19.5 Å². The summed E-state index contributed by atoms with van der Waals surface area (Å²) in [7, 11) is 1.60. The van der Waals surface area contributed by atoms with Gasteiger partial charge in [-0.05, 0) is 24.6 Å². The van der Waals surface area contributed by atoms with Crippen molar-refractivity contribution in [1.29, 1.82) is 0 Å². The first-order valence-corrected chi connectivity index (χ1v) is 8.25. The lowest BCUT2D eigenvalue weighted by atomic mass is 10.1. The molecule has 1 atom stereocenters. The van der Waals surface area contributed by atoms with Crippen molar-refractivity contribution in [2.45, 2.75) is 12.3 Å². The Balaban J connectivity index is 1.84. The van der Waals surface area contributed by atoms with Gasteiger partial charge in [-0.1, -0.05) is 0 Å². The molecule has 0 aromatic heterocycles. The Morgan fingerprint density at radius 2 is 2.27 bits per heavy atom. The Labute approximate surface area is 133 Å². The summed E-state index contributed by atoms with van der Waals surface area (Å²) in [6.07, 6.45) is 0. The monoisotopic (exact) mass is 325 g/mol. The van der Waals surface area contributed by atoms with E-state index < -0.39 is 0 Å². The Hall–Kier alpha value is -1.60. The number of hydrogen-bond acceptors (Lipinski definition) is 6. The van der Waals surface area contributed by atoms with Gasteiger partial charge in [0.15, 0.2) is 11.5 Å². The molecule has 6 nitrogen and oxygen atoms in total. The second-order valence-electron chi connectivity index (χ2n) is 4.90. The summed E-state index contributed by atoms with van der Waals surface area (Å²) in [5, 5.41) is -0.0450. The molecule has 0 aliphatic carbocycles. The molecule has 1 saturated heterocycles. The molecule has 22 heavy (non-hydrogen) atoms. The Morgan fingerprint density at radius 3 is 3.05 bits per heavy atom. The maximum atomic E-state index is 12.1. The number of carbonyl (C=O) groups is 1. The summed E-state index contributed by atoms with van der Waals surface area (Å²) in [4.78, 5) is 13.9. The second-order valence-corrected chi connectivity index (χ2v) is 5.97. The number of rotatable bonds is 6. The molecule has 2 aliphatic rings. The topological polar surface area (TPSA) is 57.2 Å². The predicted molar refractivity (Wildman–Crippen MR) is 82.5 cm³/mol. The van der Waals surface area contributed by atoms with Crippen molar-refractivity contribution >= 4 is 17.7 Å². The number of thioether (sulfide) groups is 1. The van der Waals surface area contributed by atoms with Crippen LogP contribution in [0.25, 0.3) is 0 Å². The van der Waals surface area contributed by atoms with Crippen molar-refractivity contribution < 1.29 is 23.7 Å². The van der Waals surface area contributed by atoms with Crippen LogP contribution in [-0.4, -0.2) is 50.2 Å². The van der Waals surface area contributed by atoms with E-state index in [9.17, 15) is 4.79 Å². The van der Waals surface area contributed by atoms with Crippen LogP contribution in [0, 0.1) is 0 Å². The number of ether oxygens (including phenoxy) is 4. The van der Waals surface area contributed by atoms with Gasteiger partial charge in [-0.15, -0.1) is 11.8 Å². The minimum Gasteiger partial charge on any atom is -0.493 e. The molecule has 0 radical (unpaired) electrons. The van der Waals surface area contributed by atoms with Gasteiger partial charge in [0.2, 0.25) is 18.4 Å². The molecule has 3 rings (SSSR count). The largest absolute Gasteiger partial charge is 0.493 e. The standard InChI is InChI=1S/C15H19NO5S/c1-3-19-5-4-16-13(17)8-22-15(16)10-6-11(18-2)14-12(7-10)20-9-21-14/h6-7,15H,3-5,8-9H2,1-2H3. The van der Waals surface area contributed by atoms with E-state index in [1.54, 1.807) is 18.9 Å². The van der Waals surface area contributed by atoms with Crippen LogP contribution in [0.5, 0.6) is 17.2 Å². The lowest BCUT2D eigenvalue weighted by molar-refractivity contribution is -0.128. The van der Waals surface area contributed by atoms with Crippen molar-refractivity contribution in [3.63, 3.8) is 0 Å². The molecule has 0 N–H and O–H groups in total. The highest BCUT2D eigenvalue weighted by molar-refractivity contribution is 8.00. The molecule has 0 saturated carbocycles. The minimum atomic E-state index is -0.0450. The van der Waals surface area contributed by atoms with Gasteiger partial charge in [-0.2, -0.15) is 0 Å². The molecule has 1 unspecified atom stereocenters. The van der Waals surface area contributed by atoms with E-state index in [0.717, 1.165) is 5.56 Å². The minimum absolute atomic E-state index is 0.0450. The molecule has 0 spiro atoms. The highest BCUT2D eigenvalue weighted by Gasteiger charge is 2.34. The summed E-state index contributed by atoms with van der Waals surface area (Å²) in [5.74, 6) is 2.54. The van der Waals surface area contributed by atoms with Crippen molar-refractivity contribution in [3.05, 3.63) is 17.7 Å². The van der Waals surface area contributed by atoms with Gasteiger partial charge in [-0.25, -0.2) is 0 Å². The maximum Gasteiger partial charge on any atom is 0.233 e. The third-order valence-electron chi connectivity index (χ3n) is 3.61. The molecule has 2 heterocycles. The first-order chi connectivity index (χ1) is 10.7. The lowest BCUT2D eigenvalue weighted by Gasteiger charge is -2.24. The van der Waals surface area contributed by atoms with Crippen LogP contribution in [-0.2, 0) is 9.53 Å². The van der Waals surface area contributed by atoms with E-state index >= 15 is 0 Å². The van der Waals surface area contributed by atoms with Crippen molar-refractivity contribution in [1.82, 2.24) is 4.90 Å². The molecule has 1 fully saturated rings. The van der Waals surface area contributed by atoms with Crippen LogP contribution >= 0.6 is 11.8 Å². The first kappa shape index (κ1) is 15.3. The zero-order valence-corrected chi connectivity index (χ0v) is 13.5. The summed E-state index contributed by atoms with van der Waals surface area (Å²) >= 11 is 1.60. The molecular formula is C15H19NO5S. The first-order valence-electron chi connectivity index (χ1n) is 7.21. The third-order valence-corrected chi connectivity index (χ3v) is 4.87. The molecule has 1 aromatic rings. The van der Waals surface area contributed by atoms with Crippen LogP contribution in [0.4, 0.5) is 0 Å². The number of carbonyl (C=O) groups excluding carboxylic acids is 1. The van der Waals surface area contributed by atoms with E-state index in [2.05, 4.69) is 0 Å².